The van der Waals surface area contributed by atoms with E-state index in [0.29, 0.717) is 12.5 Å². The molecule has 3 atom stereocenters. The molecule has 2 aliphatic rings. The molecule has 1 saturated carbocycles. The first-order valence-corrected chi connectivity index (χ1v) is 5.52. The fourth-order valence-corrected chi connectivity index (χ4v) is 2.29. The quantitative estimate of drug-likeness (QED) is 0.733. The Balaban J connectivity index is 2.04. The Kier molecular flexibility index (Phi) is 2.36. The van der Waals surface area contributed by atoms with Crippen LogP contribution in [0.4, 0.5) is 4.79 Å². The molecule has 0 unspecified atom stereocenters. The van der Waals surface area contributed by atoms with Crippen LogP contribution >= 0.6 is 0 Å². The molecule has 0 aromatic heterocycles. The van der Waals surface area contributed by atoms with Crippen LogP contribution in [0.5, 0.6) is 0 Å². The van der Waals surface area contributed by atoms with Crippen molar-refractivity contribution in [3.8, 4) is 0 Å². The summed E-state index contributed by atoms with van der Waals surface area (Å²) in [5.74, 6) is -0.408. The van der Waals surface area contributed by atoms with E-state index < -0.39 is 23.7 Å². The largest absolute Gasteiger partial charge is 0.480 e. The molecule has 0 spiro atoms. The van der Waals surface area contributed by atoms with Gasteiger partial charge in [0.05, 0.1) is 0 Å². The predicted molar refractivity (Wildman–Crippen MR) is 56.0 cm³/mol. The second-order valence-electron chi connectivity index (χ2n) is 5.58. The van der Waals surface area contributed by atoms with Gasteiger partial charge in [-0.05, 0) is 39.0 Å². The van der Waals surface area contributed by atoms with E-state index in [-0.39, 0.29) is 5.92 Å². The number of fused-ring (bicyclic) bond motifs is 1. The average molecular weight is 227 g/mol. The van der Waals surface area contributed by atoms with Crippen molar-refractivity contribution >= 4 is 12.1 Å². The summed E-state index contributed by atoms with van der Waals surface area (Å²) in [6, 6.07) is -0.681. The number of amides is 1. The number of carbonyl (C=O) groups is 2. The van der Waals surface area contributed by atoms with Crippen LogP contribution in [0.25, 0.3) is 0 Å². The van der Waals surface area contributed by atoms with E-state index in [1.54, 1.807) is 20.8 Å². The number of ether oxygens (including phenoxy) is 1. The minimum absolute atomic E-state index is 0.144. The van der Waals surface area contributed by atoms with Gasteiger partial charge in [-0.3, -0.25) is 4.90 Å². The van der Waals surface area contributed by atoms with Crippen LogP contribution < -0.4 is 0 Å². The number of piperidine rings is 1. The van der Waals surface area contributed by atoms with Crippen LogP contribution in [0.1, 0.15) is 27.2 Å². The number of rotatable bonds is 1. The van der Waals surface area contributed by atoms with Gasteiger partial charge in [-0.1, -0.05) is 0 Å². The Morgan fingerprint density at radius 3 is 2.50 bits per heavy atom. The first kappa shape index (κ1) is 11.2. The van der Waals surface area contributed by atoms with Crippen LogP contribution in [-0.2, 0) is 9.53 Å². The number of hydrogen-bond acceptors (Lipinski definition) is 3. The number of carboxylic acid groups (broad SMARTS) is 1. The van der Waals surface area contributed by atoms with E-state index in [1.807, 2.05) is 0 Å². The zero-order valence-electron chi connectivity index (χ0n) is 9.77. The Hall–Kier alpha value is -1.26. The number of aliphatic carboxylic acids is 1. The smallest absolute Gasteiger partial charge is 0.411 e. The molecule has 0 bridgehead atoms. The van der Waals surface area contributed by atoms with E-state index in [2.05, 4.69) is 0 Å². The van der Waals surface area contributed by atoms with Gasteiger partial charge in [-0.25, -0.2) is 9.59 Å². The molecule has 1 aliphatic heterocycles. The predicted octanol–water partition coefficient (Wildman–Crippen LogP) is 1.33. The van der Waals surface area contributed by atoms with Crippen molar-refractivity contribution in [2.24, 2.45) is 11.8 Å². The number of likely N-dealkylation sites (tertiary alicyclic amines) is 1. The van der Waals surface area contributed by atoms with Crippen LogP contribution in [0.3, 0.4) is 0 Å². The molecular formula is C11H17NO4. The first-order valence-electron chi connectivity index (χ1n) is 5.52. The summed E-state index contributed by atoms with van der Waals surface area (Å²) in [4.78, 5) is 24.2. The molecule has 5 heteroatoms. The minimum atomic E-state index is -0.921. The lowest BCUT2D eigenvalue weighted by Gasteiger charge is -2.28. The molecule has 1 amide bonds. The molecule has 90 valence electrons. The Bertz CT molecular complexity index is 333. The third-order valence-corrected chi connectivity index (χ3v) is 3.03. The highest BCUT2D eigenvalue weighted by atomic mass is 16.6. The molecular weight excluding hydrogens is 210 g/mol. The molecule has 1 aliphatic carbocycles. The zero-order valence-corrected chi connectivity index (χ0v) is 9.77. The average Bonchev–Trinajstić information content (AvgIpc) is 2.73. The fourth-order valence-electron chi connectivity index (χ4n) is 2.29. The number of carboxylic acids is 1. The molecule has 0 aromatic rings. The monoisotopic (exact) mass is 227 g/mol. The second-order valence-corrected chi connectivity index (χ2v) is 5.58. The summed E-state index contributed by atoms with van der Waals surface area (Å²) in [5, 5.41) is 9.08. The molecule has 16 heavy (non-hydrogen) atoms. The summed E-state index contributed by atoms with van der Waals surface area (Å²) in [6.07, 6.45) is 0.420. The van der Waals surface area contributed by atoms with Crippen molar-refractivity contribution in [2.75, 3.05) is 6.54 Å². The van der Waals surface area contributed by atoms with Gasteiger partial charge in [0.25, 0.3) is 0 Å². The van der Waals surface area contributed by atoms with E-state index in [4.69, 9.17) is 9.84 Å². The van der Waals surface area contributed by atoms with Crippen LogP contribution in [0.15, 0.2) is 0 Å². The molecule has 1 N–H and O–H groups in total. The lowest BCUT2D eigenvalue weighted by Crippen LogP contribution is -2.45. The molecule has 5 nitrogen and oxygen atoms in total. The topological polar surface area (TPSA) is 66.8 Å². The minimum Gasteiger partial charge on any atom is -0.480 e. The van der Waals surface area contributed by atoms with E-state index in [0.717, 1.165) is 6.42 Å². The van der Waals surface area contributed by atoms with Crippen molar-refractivity contribution < 1.29 is 19.4 Å². The maximum absolute atomic E-state index is 11.8. The van der Waals surface area contributed by atoms with Crippen molar-refractivity contribution in [3.05, 3.63) is 0 Å². The molecule has 0 aromatic carbocycles. The fraction of sp³-hybridized carbons (Fsp3) is 0.818. The number of carbonyl (C=O) groups excluding carboxylic acids is 1. The highest BCUT2D eigenvalue weighted by Gasteiger charge is 2.57. The van der Waals surface area contributed by atoms with Crippen molar-refractivity contribution in [1.29, 1.82) is 0 Å². The van der Waals surface area contributed by atoms with Gasteiger partial charge in [0.15, 0.2) is 0 Å². The van der Waals surface area contributed by atoms with E-state index in [1.165, 1.54) is 4.90 Å². The lowest BCUT2D eigenvalue weighted by molar-refractivity contribution is -0.142. The summed E-state index contributed by atoms with van der Waals surface area (Å²) in [6.45, 7) is 5.85. The second kappa shape index (κ2) is 3.37. The van der Waals surface area contributed by atoms with Gasteiger partial charge in [0.2, 0.25) is 0 Å². The van der Waals surface area contributed by atoms with Gasteiger partial charge >= 0.3 is 12.1 Å². The molecule has 2 fully saturated rings. The maximum Gasteiger partial charge on any atom is 0.411 e. The first-order chi connectivity index (χ1) is 7.29. The molecule has 1 saturated heterocycles. The van der Waals surface area contributed by atoms with Gasteiger partial charge in [0, 0.05) is 6.54 Å². The van der Waals surface area contributed by atoms with Crippen molar-refractivity contribution in [2.45, 2.75) is 38.8 Å². The van der Waals surface area contributed by atoms with E-state index in [9.17, 15) is 9.59 Å². The third-order valence-electron chi connectivity index (χ3n) is 3.03. The van der Waals surface area contributed by atoms with Gasteiger partial charge in [-0.15, -0.1) is 0 Å². The highest BCUT2D eigenvalue weighted by molar-refractivity contribution is 5.82. The standard InChI is InChI=1S/C11H17NO4/c1-11(2,3)16-10(15)12-5-6-4-7(6)8(12)9(13)14/h6-8H,4-5H2,1-3H3,(H,13,14)/t6-,7+,8+/m0/s1. The van der Waals surface area contributed by atoms with Crippen molar-refractivity contribution in [3.63, 3.8) is 0 Å². The van der Waals surface area contributed by atoms with Crippen molar-refractivity contribution in [1.82, 2.24) is 4.90 Å². The molecule has 2 rings (SSSR count). The summed E-state index contributed by atoms with van der Waals surface area (Å²) < 4.78 is 5.19. The zero-order chi connectivity index (χ0) is 12.1. The summed E-state index contributed by atoms with van der Waals surface area (Å²) >= 11 is 0. The number of nitrogens with zero attached hydrogens (tertiary/aromatic N) is 1. The molecule has 0 radical (unpaired) electrons. The third kappa shape index (κ3) is 1.99. The van der Waals surface area contributed by atoms with Gasteiger partial charge < -0.3 is 9.84 Å². The van der Waals surface area contributed by atoms with Crippen LogP contribution in [-0.4, -0.2) is 40.3 Å². The lowest BCUT2D eigenvalue weighted by atomic mass is 10.2. The SMILES string of the molecule is CC(C)(C)OC(=O)N1C[C@@H]2C[C@H]2[C@@H]1C(=O)O. The summed E-state index contributed by atoms with van der Waals surface area (Å²) in [7, 11) is 0. The summed E-state index contributed by atoms with van der Waals surface area (Å²) in [5.41, 5.74) is -0.576. The highest BCUT2D eigenvalue weighted by Crippen LogP contribution is 2.49. The Morgan fingerprint density at radius 1 is 1.38 bits per heavy atom. The molecule has 1 heterocycles. The number of hydrogen-bond donors (Lipinski definition) is 1. The van der Waals surface area contributed by atoms with Crippen LogP contribution in [0, 0.1) is 11.8 Å². The maximum atomic E-state index is 11.8. The van der Waals surface area contributed by atoms with Crippen LogP contribution in [0.2, 0.25) is 0 Å². The van der Waals surface area contributed by atoms with E-state index >= 15 is 0 Å². The van der Waals surface area contributed by atoms with Gasteiger partial charge in [0.1, 0.15) is 11.6 Å². The Morgan fingerprint density at radius 2 is 2.00 bits per heavy atom. The normalized spacial score (nSPS) is 32.2. The van der Waals surface area contributed by atoms with Gasteiger partial charge in [-0.2, -0.15) is 0 Å². The Labute approximate surface area is 94.4 Å².